The standard InChI is InChI=1S/C27H33N3O4S/c1-20-16-30(21(2)19-31)35(32,33)27-12-11-24(23-9-5-4-6-10-23)14-25(27)34-26(20)18-29(3)17-22-8-7-13-28-15-22/h4-15,20-21,26,31H,16-19H2,1-3H3/t20-,21-,26+/m0/s1. The predicted molar refractivity (Wildman–Crippen MR) is 136 cm³/mol. The molecule has 3 atom stereocenters. The maximum atomic E-state index is 13.7. The van der Waals surface area contributed by atoms with Gasteiger partial charge in [-0.15, -0.1) is 0 Å². The van der Waals surface area contributed by atoms with E-state index >= 15 is 0 Å². The van der Waals surface area contributed by atoms with Gasteiger partial charge in [-0.25, -0.2) is 8.42 Å². The van der Waals surface area contributed by atoms with Gasteiger partial charge < -0.3 is 9.84 Å². The first-order chi connectivity index (χ1) is 16.8. The van der Waals surface area contributed by atoms with Gasteiger partial charge in [-0.05, 0) is 48.9 Å². The summed E-state index contributed by atoms with van der Waals surface area (Å²) in [5.41, 5.74) is 2.97. The van der Waals surface area contributed by atoms with Crippen molar-refractivity contribution >= 4 is 10.0 Å². The largest absolute Gasteiger partial charge is 0.487 e. The van der Waals surface area contributed by atoms with Gasteiger partial charge in [0.25, 0.3) is 0 Å². The van der Waals surface area contributed by atoms with E-state index in [1.165, 1.54) is 4.31 Å². The molecule has 0 aliphatic carbocycles. The van der Waals surface area contributed by atoms with Crippen LogP contribution in [-0.2, 0) is 16.6 Å². The molecule has 1 aromatic heterocycles. The third-order valence-corrected chi connectivity index (χ3v) is 8.46. The van der Waals surface area contributed by atoms with Crippen molar-refractivity contribution in [2.45, 2.75) is 37.4 Å². The zero-order chi connectivity index (χ0) is 25.0. The van der Waals surface area contributed by atoms with E-state index in [1.807, 2.05) is 74.8 Å². The number of hydrogen-bond acceptors (Lipinski definition) is 6. The molecule has 0 saturated heterocycles. The van der Waals surface area contributed by atoms with Crippen molar-refractivity contribution in [2.24, 2.45) is 5.92 Å². The Morgan fingerprint density at radius 2 is 1.91 bits per heavy atom. The van der Waals surface area contributed by atoms with Crippen LogP contribution >= 0.6 is 0 Å². The summed E-state index contributed by atoms with van der Waals surface area (Å²) in [6, 6.07) is 18.5. The van der Waals surface area contributed by atoms with E-state index in [-0.39, 0.29) is 30.1 Å². The van der Waals surface area contributed by atoms with Gasteiger partial charge in [0, 0.05) is 44.0 Å². The smallest absolute Gasteiger partial charge is 0.247 e. The summed E-state index contributed by atoms with van der Waals surface area (Å²) in [6.07, 6.45) is 3.34. The lowest BCUT2D eigenvalue weighted by molar-refractivity contribution is 0.0734. The molecule has 1 aliphatic rings. The van der Waals surface area contributed by atoms with Gasteiger partial charge in [-0.1, -0.05) is 49.4 Å². The second-order valence-corrected chi connectivity index (χ2v) is 11.2. The van der Waals surface area contributed by atoms with Gasteiger partial charge in [-0.2, -0.15) is 4.31 Å². The van der Waals surface area contributed by atoms with Crippen LogP contribution in [0.5, 0.6) is 5.75 Å². The number of sulfonamides is 1. The summed E-state index contributed by atoms with van der Waals surface area (Å²) in [7, 11) is -1.84. The fourth-order valence-electron chi connectivity index (χ4n) is 4.43. The molecule has 2 aromatic carbocycles. The Kier molecular flexibility index (Phi) is 7.86. The number of nitrogens with zero attached hydrogens (tertiary/aromatic N) is 3. The maximum Gasteiger partial charge on any atom is 0.247 e. The number of rotatable bonds is 7. The number of ether oxygens (including phenoxy) is 1. The van der Waals surface area contributed by atoms with Crippen LogP contribution in [0, 0.1) is 5.92 Å². The number of aliphatic hydroxyl groups excluding tert-OH is 1. The Morgan fingerprint density at radius 1 is 1.14 bits per heavy atom. The van der Waals surface area contributed by atoms with Crippen LogP contribution in [0.15, 0.2) is 78.0 Å². The van der Waals surface area contributed by atoms with Crippen LogP contribution in [-0.4, -0.2) is 66.6 Å². The lowest BCUT2D eigenvalue weighted by Crippen LogP contribution is -2.49. The first-order valence-electron chi connectivity index (χ1n) is 11.9. The molecule has 4 rings (SSSR count). The summed E-state index contributed by atoms with van der Waals surface area (Å²) in [6.45, 7) is 5.04. The molecule has 0 spiro atoms. The van der Waals surface area contributed by atoms with Crippen molar-refractivity contribution in [1.82, 2.24) is 14.2 Å². The summed E-state index contributed by atoms with van der Waals surface area (Å²) < 4.78 is 35.2. The molecule has 0 saturated carbocycles. The van der Waals surface area contributed by atoms with Crippen molar-refractivity contribution in [3.8, 4) is 16.9 Å². The lowest BCUT2D eigenvalue weighted by Gasteiger charge is -2.37. The number of likely N-dealkylation sites (N-methyl/N-ethyl adjacent to an activating group) is 1. The average molecular weight is 496 g/mol. The van der Waals surface area contributed by atoms with E-state index < -0.39 is 16.1 Å². The Labute approximate surface area is 208 Å². The van der Waals surface area contributed by atoms with Crippen LogP contribution in [0.2, 0.25) is 0 Å². The molecule has 8 heteroatoms. The Morgan fingerprint density at radius 3 is 2.60 bits per heavy atom. The molecule has 186 valence electrons. The van der Waals surface area contributed by atoms with Crippen LogP contribution < -0.4 is 4.74 Å². The zero-order valence-electron chi connectivity index (χ0n) is 20.4. The molecule has 0 bridgehead atoms. The molecule has 0 radical (unpaired) electrons. The topological polar surface area (TPSA) is 83.0 Å². The molecule has 2 heterocycles. The van der Waals surface area contributed by atoms with Crippen LogP contribution in [0.1, 0.15) is 19.4 Å². The molecule has 1 N–H and O–H groups in total. The minimum Gasteiger partial charge on any atom is -0.487 e. The van der Waals surface area contributed by atoms with Crippen LogP contribution in [0.4, 0.5) is 0 Å². The molecular formula is C27H33N3O4S. The summed E-state index contributed by atoms with van der Waals surface area (Å²) in [5.74, 6) is 0.233. The van der Waals surface area contributed by atoms with E-state index in [0.29, 0.717) is 18.8 Å². The molecule has 35 heavy (non-hydrogen) atoms. The third kappa shape index (κ3) is 5.73. The van der Waals surface area contributed by atoms with E-state index in [4.69, 9.17) is 4.74 Å². The number of benzene rings is 2. The molecule has 3 aromatic rings. The molecule has 7 nitrogen and oxygen atoms in total. The van der Waals surface area contributed by atoms with Crippen molar-refractivity contribution in [2.75, 3.05) is 26.7 Å². The predicted octanol–water partition coefficient (Wildman–Crippen LogP) is 3.65. The van der Waals surface area contributed by atoms with E-state index in [0.717, 1.165) is 16.7 Å². The van der Waals surface area contributed by atoms with Gasteiger partial charge in [-0.3, -0.25) is 9.88 Å². The van der Waals surface area contributed by atoms with Crippen LogP contribution in [0.25, 0.3) is 11.1 Å². The Balaban J connectivity index is 1.72. The van der Waals surface area contributed by atoms with Gasteiger partial charge in [0.2, 0.25) is 10.0 Å². The highest BCUT2D eigenvalue weighted by atomic mass is 32.2. The van der Waals surface area contributed by atoms with Crippen molar-refractivity contribution in [3.63, 3.8) is 0 Å². The van der Waals surface area contributed by atoms with E-state index in [1.54, 1.807) is 19.2 Å². The maximum absolute atomic E-state index is 13.7. The zero-order valence-corrected chi connectivity index (χ0v) is 21.2. The first kappa shape index (κ1) is 25.3. The van der Waals surface area contributed by atoms with E-state index in [2.05, 4.69) is 9.88 Å². The SMILES string of the molecule is C[C@H]1CN([C@@H](C)CO)S(=O)(=O)c2ccc(-c3ccccc3)cc2O[C@@H]1CN(C)Cc1cccnc1. The van der Waals surface area contributed by atoms with Crippen molar-refractivity contribution in [1.29, 1.82) is 0 Å². The molecule has 0 fully saturated rings. The average Bonchev–Trinajstić information content (AvgIpc) is 2.86. The van der Waals surface area contributed by atoms with Crippen molar-refractivity contribution < 1.29 is 18.3 Å². The van der Waals surface area contributed by atoms with Crippen LogP contribution in [0.3, 0.4) is 0 Å². The fourth-order valence-corrected chi connectivity index (χ4v) is 6.25. The number of pyridine rings is 1. The van der Waals surface area contributed by atoms with Gasteiger partial charge in [0.05, 0.1) is 6.61 Å². The monoisotopic (exact) mass is 495 g/mol. The quantitative estimate of drug-likeness (QED) is 0.539. The van der Waals surface area contributed by atoms with Crippen molar-refractivity contribution in [3.05, 3.63) is 78.6 Å². The fraction of sp³-hybridized carbons (Fsp3) is 0.370. The molecule has 0 amide bonds. The number of aromatic nitrogens is 1. The molecule has 1 aliphatic heterocycles. The summed E-state index contributed by atoms with van der Waals surface area (Å²) >= 11 is 0. The highest BCUT2D eigenvalue weighted by Gasteiger charge is 2.38. The highest BCUT2D eigenvalue weighted by molar-refractivity contribution is 7.89. The van der Waals surface area contributed by atoms with Gasteiger partial charge in [0.1, 0.15) is 16.7 Å². The Bertz CT molecular complexity index is 1220. The number of fused-ring (bicyclic) bond motifs is 1. The first-order valence-corrected chi connectivity index (χ1v) is 13.3. The lowest BCUT2D eigenvalue weighted by atomic mass is 10.0. The van der Waals surface area contributed by atoms with E-state index in [9.17, 15) is 13.5 Å². The summed E-state index contributed by atoms with van der Waals surface area (Å²) in [5, 5.41) is 9.83. The Hall–Kier alpha value is -2.78. The third-order valence-electron chi connectivity index (χ3n) is 6.44. The van der Waals surface area contributed by atoms with Gasteiger partial charge >= 0.3 is 0 Å². The molecule has 0 unspecified atom stereocenters. The second-order valence-electron chi connectivity index (χ2n) is 9.33. The number of aliphatic hydroxyl groups is 1. The minimum absolute atomic E-state index is 0.108. The highest BCUT2D eigenvalue weighted by Crippen LogP contribution is 2.36. The number of hydrogen-bond donors (Lipinski definition) is 1. The second kappa shape index (κ2) is 10.9. The normalized spacial score (nSPS) is 20.9. The van der Waals surface area contributed by atoms with Gasteiger partial charge in [0.15, 0.2) is 0 Å². The minimum atomic E-state index is -3.86. The summed E-state index contributed by atoms with van der Waals surface area (Å²) in [4.78, 5) is 6.49. The molecular weight excluding hydrogens is 462 g/mol.